The molecule has 0 aromatic carbocycles. The third kappa shape index (κ3) is 0.442. The fraction of sp³-hybridized carbons (Fsp3) is 0.556. The monoisotopic (exact) mass is 150 g/mol. The summed E-state index contributed by atoms with van der Waals surface area (Å²) in [5.41, 5.74) is 0. The number of aliphatic hydroxyl groups excluding tert-OH is 2. The van der Waals surface area contributed by atoms with Crippen LogP contribution in [0.15, 0.2) is 23.7 Å². The van der Waals surface area contributed by atoms with Gasteiger partial charge in [-0.15, -0.1) is 0 Å². The van der Waals surface area contributed by atoms with Crippen LogP contribution in [0.4, 0.5) is 0 Å². The van der Waals surface area contributed by atoms with E-state index in [1.165, 1.54) is 0 Å². The average Bonchev–Trinajstić information content (AvgIpc) is 2.58. The molecule has 2 bridgehead atoms. The molecule has 0 amide bonds. The maximum atomic E-state index is 9.30. The third-order valence-electron chi connectivity index (χ3n) is 3.35. The minimum Gasteiger partial charge on any atom is -0.508 e. The SMILES string of the molecule is OC1=C(O)C2C1[C@@H]1C=C[C@H]2C1. The highest BCUT2D eigenvalue weighted by Gasteiger charge is 2.55. The van der Waals surface area contributed by atoms with Crippen molar-refractivity contribution in [2.45, 2.75) is 6.42 Å². The third-order valence-corrected chi connectivity index (χ3v) is 3.35. The van der Waals surface area contributed by atoms with Crippen LogP contribution in [0.5, 0.6) is 0 Å². The van der Waals surface area contributed by atoms with Crippen molar-refractivity contribution in [3.63, 3.8) is 0 Å². The number of fused-ring (bicyclic) bond motifs is 5. The fourth-order valence-electron chi connectivity index (χ4n) is 2.81. The van der Waals surface area contributed by atoms with Crippen LogP contribution < -0.4 is 0 Å². The van der Waals surface area contributed by atoms with Gasteiger partial charge in [0, 0.05) is 11.8 Å². The van der Waals surface area contributed by atoms with Crippen LogP contribution >= 0.6 is 0 Å². The van der Waals surface area contributed by atoms with Crippen molar-refractivity contribution in [1.82, 2.24) is 0 Å². The van der Waals surface area contributed by atoms with Crippen LogP contribution in [0.25, 0.3) is 0 Å². The molecule has 3 rings (SSSR count). The Hall–Kier alpha value is -0.920. The molecule has 2 heteroatoms. The Morgan fingerprint density at radius 3 is 1.91 bits per heavy atom. The van der Waals surface area contributed by atoms with Crippen LogP contribution in [0.1, 0.15) is 6.42 Å². The first-order valence-corrected chi connectivity index (χ1v) is 4.09. The molecule has 0 heterocycles. The van der Waals surface area contributed by atoms with Crippen molar-refractivity contribution < 1.29 is 10.2 Å². The first-order chi connectivity index (χ1) is 5.29. The normalized spacial score (nSPS) is 51.3. The zero-order valence-electron chi connectivity index (χ0n) is 6.07. The fourth-order valence-corrected chi connectivity index (χ4v) is 2.81. The van der Waals surface area contributed by atoms with Gasteiger partial charge in [0.2, 0.25) is 0 Å². The van der Waals surface area contributed by atoms with E-state index in [1.807, 2.05) is 0 Å². The number of hydrogen-bond acceptors (Lipinski definition) is 2. The minimum absolute atomic E-state index is 0.256. The highest BCUT2D eigenvalue weighted by atomic mass is 16.3. The van der Waals surface area contributed by atoms with E-state index in [-0.39, 0.29) is 23.4 Å². The predicted molar refractivity (Wildman–Crippen MR) is 40.0 cm³/mol. The molecule has 11 heavy (non-hydrogen) atoms. The van der Waals surface area contributed by atoms with Crippen molar-refractivity contribution in [3.8, 4) is 0 Å². The van der Waals surface area contributed by atoms with Crippen LogP contribution in [0, 0.1) is 23.7 Å². The zero-order chi connectivity index (χ0) is 7.59. The Morgan fingerprint density at radius 2 is 1.45 bits per heavy atom. The zero-order valence-corrected chi connectivity index (χ0v) is 6.07. The summed E-state index contributed by atoms with van der Waals surface area (Å²) in [5.74, 6) is 2.08. The Kier molecular flexibility index (Phi) is 0.761. The summed E-state index contributed by atoms with van der Waals surface area (Å²) in [6, 6.07) is 0. The van der Waals surface area contributed by atoms with Crippen molar-refractivity contribution >= 4 is 0 Å². The van der Waals surface area contributed by atoms with Gasteiger partial charge >= 0.3 is 0 Å². The topological polar surface area (TPSA) is 40.5 Å². The van der Waals surface area contributed by atoms with E-state index >= 15 is 0 Å². The van der Waals surface area contributed by atoms with Gasteiger partial charge in [-0.1, -0.05) is 12.2 Å². The Bertz CT molecular complexity index is 251. The van der Waals surface area contributed by atoms with Gasteiger partial charge in [0.25, 0.3) is 0 Å². The predicted octanol–water partition coefficient (Wildman–Crippen LogP) is 1.77. The van der Waals surface area contributed by atoms with Crippen molar-refractivity contribution in [3.05, 3.63) is 23.7 Å². The molecule has 58 valence electrons. The first-order valence-electron chi connectivity index (χ1n) is 4.09. The molecular weight excluding hydrogens is 140 g/mol. The van der Waals surface area contributed by atoms with E-state index in [2.05, 4.69) is 12.2 Å². The summed E-state index contributed by atoms with van der Waals surface area (Å²) >= 11 is 0. The molecule has 0 saturated heterocycles. The van der Waals surface area contributed by atoms with Crippen molar-refractivity contribution in [2.24, 2.45) is 23.7 Å². The molecule has 2 nitrogen and oxygen atoms in total. The van der Waals surface area contributed by atoms with E-state index < -0.39 is 0 Å². The second-order valence-corrected chi connectivity index (χ2v) is 3.77. The molecule has 0 radical (unpaired) electrons. The Labute approximate surface area is 64.9 Å². The number of hydrogen-bond donors (Lipinski definition) is 2. The number of aliphatic hydroxyl groups is 2. The number of rotatable bonds is 0. The lowest BCUT2D eigenvalue weighted by Gasteiger charge is -2.35. The molecule has 0 aliphatic heterocycles. The summed E-state index contributed by atoms with van der Waals surface area (Å²) in [6.07, 6.45) is 5.48. The van der Waals surface area contributed by atoms with Gasteiger partial charge in [0.15, 0.2) is 0 Å². The quantitative estimate of drug-likeness (QED) is 0.516. The largest absolute Gasteiger partial charge is 0.508 e. The van der Waals surface area contributed by atoms with Gasteiger partial charge in [-0.25, -0.2) is 0 Å². The summed E-state index contributed by atoms with van der Waals surface area (Å²) in [6.45, 7) is 0. The Morgan fingerprint density at radius 1 is 1.00 bits per heavy atom. The van der Waals surface area contributed by atoms with E-state index in [0.717, 1.165) is 6.42 Å². The lowest BCUT2D eigenvalue weighted by atomic mass is 9.71. The molecule has 2 N–H and O–H groups in total. The summed E-state index contributed by atoms with van der Waals surface area (Å²) in [7, 11) is 0. The molecule has 3 aliphatic rings. The summed E-state index contributed by atoms with van der Waals surface area (Å²) in [5, 5.41) is 18.6. The lowest BCUT2D eigenvalue weighted by Crippen LogP contribution is -2.33. The lowest BCUT2D eigenvalue weighted by molar-refractivity contribution is 0.123. The summed E-state index contributed by atoms with van der Waals surface area (Å²) < 4.78 is 0. The summed E-state index contributed by atoms with van der Waals surface area (Å²) in [4.78, 5) is 0. The molecule has 4 atom stereocenters. The van der Waals surface area contributed by atoms with Gasteiger partial charge < -0.3 is 10.2 Å². The van der Waals surface area contributed by atoms with Gasteiger partial charge in [-0.3, -0.25) is 0 Å². The van der Waals surface area contributed by atoms with Crippen molar-refractivity contribution in [2.75, 3.05) is 0 Å². The molecule has 1 saturated carbocycles. The maximum absolute atomic E-state index is 9.30. The van der Waals surface area contributed by atoms with Crippen LogP contribution in [0.2, 0.25) is 0 Å². The molecule has 0 aromatic heterocycles. The molecule has 2 unspecified atom stereocenters. The van der Waals surface area contributed by atoms with E-state index in [9.17, 15) is 10.2 Å². The van der Waals surface area contributed by atoms with E-state index in [1.54, 1.807) is 0 Å². The number of allylic oxidation sites excluding steroid dienone is 4. The molecule has 1 fully saturated rings. The van der Waals surface area contributed by atoms with Crippen molar-refractivity contribution in [1.29, 1.82) is 0 Å². The highest BCUT2D eigenvalue weighted by molar-refractivity contribution is 5.34. The molecule has 3 aliphatic carbocycles. The standard InChI is InChI=1S/C9H10O2/c10-8-6-4-1-2-5(3-4)7(6)9(8)11/h1-2,4-7,10-11H,3H2/t4-,5+,6?,7?. The first kappa shape index (κ1) is 5.70. The van der Waals surface area contributed by atoms with Gasteiger partial charge in [0.1, 0.15) is 11.5 Å². The second kappa shape index (κ2) is 1.47. The Balaban J connectivity index is 2.06. The van der Waals surface area contributed by atoms with Gasteiger partial charge in [0.05, 0.1) is 0 Å². The van der Waals surface area contributed by atoms with Crippen LogP contribution in [-0.2, 0) is 0 Å². The smallest absolute Gasteiger partial charge is 0.134 e. The van der Waals surface area contributed by atoms with E-state index in [0.29, 0.717) is 11.8 Å². The second-order valence-electron chi connectivity index (χ2n) is 3.77. The molecule has 0 spiro atoms. The highest BCUT2D eigenvalue weighted by Crippen LogP contribution is 2.59. The average molecular weight is 150 g/mol. The maximum Gasteiger partial charge on any atom is 0.134 e. The van der Waals surface area contributed by atoms with Gasteiger partial charge in [-0.05, 0) is 18.3 Å². The molecule has 0 aromatic rings. The van der Waals surface area contributed by atoms with Crippen LogP contribution in [-0.4, -0.2) is 10.2 Å². The van der Waals surface area contributed by atoms with Crippen LogP contribution in [0.3, 0.4) is 0 Å². The van der Waals surface area contributed by atoms with E-state index in [4.69, 9.17) is 0 Å². The van der Waals surface area contributed by atoms with Gasteiger partial charge in [-0.2, -0.15) is 0 Å². The minimum atomic E-state index is 0.256. The molecular formula is C9H10O2.